The number of hydrogen-bond acceptors (Lipinski definition) is 4. The summed E-state index contributed by atoms with van der Waals surface area (Å²) in [5, 5.41) is 22.1. The summed E-state index contributed by atoms with van der Waals surface area (Å²) < 4.78 is 0. The fourth-order valence-corrected chi connectivity index (χ4v) is 5.69. The first-order valence-electron chi connectivity index (χ1n) is 16.6. The van der Waals surface area contributed by atoms with Crippen LogP contribution in [-0.2, 0) is 31.2 Å². The van der Waals surface area contributed by atoms with Crippen molar-refractivity contribution in [2.24, 2.45) is 11.5 Å². The molecule has 0 bridgehead atoms. The first-order chi connectivity index (χ1) is 20.8. The number of phenolic OH excluding ortho intramolecular Hbond substituents is 2. The Labute approximate surface area is 278 Å². The largest absolute Gasteiger partial charge is 0.507 e. The highest BCUT2D eigenvalue weighted by Gasteiger charge is 2.28. The third-order valence-electron chi connectivity index (χ3n) is 8.45. The highest BCUT2D eigenvalue weighted by molar-refractivity contribution is 5.97. The lowest BCUT2D eigenvalue weighted by molar-refractivity contribution is -0.115. The second-order valence-corrected chi connectivity index (χ2v) is 16.9. The van der Waals surface area contributed by atoms with Gasteiger partial charge in [-0.3, -0.25) is 9.59 Å². The van der Waals surface area contributed by atoms with E-state index in [1.54, 1.807) is 0 Å². The zero-order valence-electron chi connectivity index (χ0n) is 30.6. The van der Waals surface area contributed by atoms with E-state index >= 15 is 0 Å². The van der Waals surface area contributed by atoms with Crippen molar-refractivity contribution in [3.63, 3.8) is 0 Å². The molecule has 0 unspecified atom stereocenters. The van der Waals surface area contributed by atoms with Crippen molar-refractivity contribution in [1.29, 1.82) is 0 Å². The molecule has 0 heterocycles. The van der Waals surface area contributed by atoms with Gasteiger partial charge in [0.1, 0.15) is 11.5 Å². The summed E-state index contributed by atoms with van der Waals surface area (Å²) >= 11 is 0. The van der Waals surface area contributed by atoms with Gasteiger partial charge in [-0.2, -0.15) is 0 Å². The fourth-order valence-electron chi connectivity index (χ4n) is 5.69. The Morgan fingerprint density at radius 3 is 0.957 bits per heavy atom. The molecule has 0 aliphatic heterocycles. The SMILES string of the molecule is CC(C)(C)c1cc(C=C(CCCCCCC(=Cc2cc(C(C)(C)C)c(O)c(C(C)(C)C)c2)C(N)=O)C(N)=O)cc(C(C)(C)C)c1O. The monoisotopic (exact) mass is 632 g/mol. The third-order valence-corrected chi connectivity index (χ3v) is 8.45. The maximum Gasteiger partial charge on any atom is 0.244 e. The van der Waals surface area contributed by atoms with Crippen LogP contribution < -0.4 is 11.5 Å². The van der Waals surface area contributed by atoms with E-state index in [9.17, 15) is 19.8 Å². The minimum atomic E-state index is -0.445. The third kappa shape index (κ3) is 10.5. The molecule has 0 aliphatic carbocycles. The van der Waals surface area contributed by atoms with Crippen LogP contribution in [0.25, 0.3) is 12.2 Å². The molecule has 0 aromatic heterocycles. The van der Waals surface area contributed by atoms with Gasteiger partial charge in [-0.25, -0.2) is 0 Å². The Balaban J connectivity index is 2.19. The normalized spacial score (nSPS) is 13.7. The zero-order valence-corrected chi connectivity index (χ0v) is 30.6. The number of hydrogen-bond donors (Lipinski definition) is 4. The number of aromatic hydroxyl groups is 2. The molecule has 2 amide bonds. The lowest BCUT2D eigenvalue weighted by atomic mass is 9.78. The Hall–Kier alpha value is -3.54. The van der Waals surface area contributed by atoms with Crippen molar-refractivity contribution >= 4 is 24.0 Å². The summed E-state index contributed by atoms with van der Waals surface area (Å²) in [4.78, 5) is 24.8. The second kappa shape index (κ2) is 14.5. The molecule has 6 heteroatoms. The molecule has 2 aromatic rings. The number of rotatable bonds is 11. The Morgan fingerprint density at radius 2 is 0.761 bits per heavy atom. The van der Waals surface area contributed by atoms with Gasteiger partial charge < -0.3 is 21.7 Å². The highest BCUT2D eigenvalue weighted by atomic mass is 16.3. The molecule has 6 nitrogen and oxygen atoms in total. The number of phenols is 2. The van der Waals surface area contributed by atoms with Crippen molar-refractivity contribution in [1.82, 2.24) is 0 Å². The van der Waals surface area contributed by atoms with Crippen LogP contribution >= 0.6 is 0 Å². The maximum atomic E-state index is 12.4. The van der Waals surface area contributed by atoms with Crippen LogP contribution in [0.15, 0.2) is 35.4 Å². The molecule has 2 rings (SSSR count). The van der Waals surface area contributed by atoms with Crippen LogP contribution in [-0.4, -0.2) is 22.0 Å². The number of benzene rings is 2. The van der Waals surface area contributed by atoms with E-state index in [1.165, 1.54) is 0 Å². The molecule has 0 radical (unpaired) electrons. The van der Waals surface area contributed by atoms with E-state index < -0.39 is 11.8 Å². The van der Waals surface area contributed by atoms with Crippen LogP contribution in [0.4, 0.5) is 0 Å². The van der Waals surface area contributed by atoms with E-state index in [1.807, 2.05) is 36.4 Å². The highest BCUT2D eigenvalue weighted by Crippen LogP contribution is 2.41. The molecule has 0 saturated heterocycles. The molecule has 6 N–H and O–H groups in total. The van der Waals surface area contributed by atoms with Crippen molar-refractivity contribution in [2.45, 2.75) is 143 Å². The van der Waals surface area contributed by atoms with Gasteiger partial charge in [0, 0.05) is 33.4 Å². The molecule has 254 valence electrons. The van der Waals surface area contributed by atoms with Crippen LogP contribution in [0.3, 0.4) is 0 Å². The van der Waals surface area contributed by atoms with Gasteiger partial charge in [0.2, 0.25) is 11.8 Å². The first kappa shape index (κ1) is 38.6. The summed E-state index contributed by atoms with van der Waals surface area (Å²) in [5.41, 5.74) is 16.7. The molecule has 0 saturated carbocycles. The topological polar surface area (TPSA) is 127 Å². The molecule has 0 atom stereocenters. The molecule has 2 aromatic carbocycles. The van der Waals surface area contributed by atoms with Gasteiger partial charge in [-0.1, -0.05) is 95.9 Å². The van der Waals surface area contributed by atoms with E-state index in [4.69, 9.17) is 11.5 Å². The molecule has 0 spiro atoms. The Bertz CT molecular complexity index is 1300. The Kier molecular flexibility index (Phi) is 12.2. The average molecular weight is 633 g/mol. The van der Waals surface area contributed by atoms with Crippen LogP contribution in [0.5, 0.6) is 11.5 Å². The Morgan fingerprint density at radius 1 is 0.522 bits per heavy atom. The standard InChI is InChI=1S/C40H60N2O4/c1-37(2,3)29-21-25(22-30(33(29)43)38(4,5)6)19-27(35(41)45)17-15-13-14-16-18-28(36(42)46)20-26-23-31(39(7,8)9)34(44)32(24-26)40(10,11)12/h19-24,43-44H,13-18H2,1-12H3,(H2,41,45)(H2,42,46). The average Bonchev–Trinajstić information content (AvgIpc) is 2.87. The lowest BCUT2D eigenvalue weighted by Gasteiger charge is -2.28. The van der Waals surface area contributed by atoms with Gasteiger partial charge >= 0.3 is 0 Å². The summed E-state index contributed by atoms with van der Waals surface area (Å²) in [6.45, 7) is 24.7. The van der Waals surface area contributed by atoms with E-state index in [0.717, 1.165) is 59.1 Å². The first-order valence-corrected chi connectivity index (χ1v) is 16.6. The summed E-state index contributed by atoms with van der Waals surface area (Å²) in [7, 11) is 0. The number of unbranched alkanes of at least 4 members (excludes halogenated alkanes) is 3. The summed E-state index contributed by atoms with van der Waals surface area (Å²) in [5.74, 6) is -0.284. The van der Waals surface area contributed by atoms with Gasteiger partial charge in [0.05, 0.1) is 0 Å². The van der Waals surface area contributed by atoms with Crippen LogP contribution in [0.2, 0.25) is 0 Å². The predicted molar refractivity (Wildman–Crippen MR) is 193 cm³/mol. The molecular weight excluding hydrogens is 572 g/mol. The minimum absolute atomic E-state index is 0.273. The predicted octanol–water partition coefficient (Wildman–Crippen LogP) is 9.07. The maximum absolute atomic E-state index is 12.4. The van der Waals surface area contributed by atoms with Crippen molar-refractivity contribution in [3.8, 4) is 11.5 Å². The summed E-state index contributed by atoms with van der Waals surface area (Å²) in [6, 6.07) is 7.81. The van der Waals surface area contributed by atoms with E-state index in [-0.39, 0.29) is 21.7 Å². The number of amides is 2. The quantitative estimate of drug-likeness (QED) is 0.146. The number of primary amides is 2. The summed E-state index contributed by atoms with van der Waals surface area (Å²) in [6.07, 6.45) is 8.10. The smallest absolute Gasteiger partial charge is 0.244 e. The molecular formula is C40H60N2O4. The van der Waals surface area contributed by atoms with E-state index in [0.29, 0.717) is 35.5 Å². The van der Waals surface area contributed by atoms with Gasteiger partial charge in [-0.15, -0.1) is 0 Å². The number of nitrogens with two attached hydrogens (primary N) is 2. The molecule has 0 fully saturated rings. The van der Waals surface area contributed by atoms with Crippen LogP contribution in [0, 0.1) is 0 Å². The van der Waals surface area contributed by atoms with Gasteiger partial charge in [0.15, 0.2) is 0 Å². The van der Waals surface area contributed by atoms with Gasteiger partial charge in [-0.05, 0) is 94.9 Å². The van der Waals surface area contributed by atoms with Crippen molar-refractivity contribution < 1.29 is 19.8 Å². The van der Waals surface area contributed by atoms with E-state index in [2.05, 4.69) is 83.1 Å². The second-order valence-electron chi connectivity index (χ2n) is 16.9. The molecule has 0 aliphatic rings. The van der Waals surface area contributed by atoms with Crippen molar-refractivity contribution in [3.05, 3.63) is 68.8 Å². The minimum Gasteiger partial charge on any atom is -0.507 e. The number of carbonyl (C=O) groups excluding carboxylic acids is 2. The number of carbonyl (C=O) groups is 2. The zero-order chi connectivity index (χ0) is 35.4. The van der Waals surface area contributed by atoms with Crippen LogP contribution in [0.1, 0.15) is 155 Å². The molecule has 46 heavy (non-hydrogen) atoms. The lowest BCUT2D eigenvalue weighted by Crippen LogP contribution is -2.18. The van der Waals surface area contributed by atoms with Gasteiger partial charge in [0.25, 0.3) is 0 Å². The van der Waals surface area contributed by atoms with Crippen molar-refractivity contribution in [2.75, 3.05) is 0 Å². The fraction of sp³-hybridized carbons (Fsp3) is 0.550.